The average molecular weight is 214 g/mol. The molecule has 0 aromatic rings. The van der Waals surface area contributed by atoms with Crippen molar-refractivity contribution in [3.63, 3.8) is 0 Å². The van der Waals surface area contributed by atoms with Gasteiger partial charge in [-0.2, -0.15) is 0 Å². The molecule has 2 atom stereocenters. The molecule has 1 aliphatic carbocycles. The standard InChI is InChI=1S/C13H26O2/c1-3-4-5-7-10-13(14)11-8-6-9-12(13)15-2/h12,14H,3-11H2,1-2H3. The third-order valence-corrected chi connectivity index (χ3v) is 3.67. The Morgan fingerprint density at radius 2 is 2.07 bits per heavy atom. The van der Waals surface area contributed by atoms with Gasteiger partial charge in [0, 0.05) is 7.11 Å². The first-order valence-corrected chi connectivity index (χ1v) is 6.48. The zero-order valence-electron chi connectivity index (χ0n) is 10.3. The van der Waals surface area contributed by atoms with Crippen molar-refractivity contribution in [2.75, 3.05) is 7.11 Å². The summed E-state index contributed by atoms with van der Waals surface area (Å²) >= 11 is 0. The van der Waals surface area contributed by atoms with Gasteiger partial charge in [0.05, 0.1) is 11.7 Å². The molecular formula is C13H26O2. The maximum Gasteiger partial charge on any atom is 0.0908 e. The van der Waals surface area contributed by atoms with Gasteiger partial charge in [-0.05, 0) is 19.3 Å². The second kappa shape index (κ2) is 6.49. The summed E-state index contributed by atoms with van der Waals surface area (Å²) in [5.74, 6) is 0. The molecule has 2 heteroatoms. The van der Waals surface area contributed by atoms with E-state index in [0.717, 1.165) is 32.1 Å². The van der Waals surface area contributed by atoms with E-state index in [2.05, 4.69) is 6.92 Å². The summed E-state index contributed by atoms with van der Waals surface area (Å²) in [6.45, 7) is 2.22. The fraction of sp³-hybridized carbons (Fsp3) is 1.00. The van der Waals surface area contributed by atoms with E-state index in [-0.39, 0.29) is 6.10 Å². The Labute approximate surface area is 94.0 Å². The Hall–Kier alpha value is -0.0800. The number of aliphatic hydroxyl groups is 1. The number of rotatable bonds is 6. The van der Waals surface area contributed by atoms with Gasteiger partial charge in [0.15, 0.2) is 0 Å². The lowest BCUT2D eigenvalue weighted by atomic mass is 9.78. The van der Waals surface area contributed by atoms with Crippen LogP contribution in [0.3, 0.4) is 0 Å². The van der Waals surface area contributed by atoms with E-state index >= 15 is 0 Å². The fourth-order valence-electron chi connectivity index (χ4n) is 2.67. The van der Waals surface area contributed by atoms with Crippen LogP contribution < -0.4 is 0 Å². The Morgan fingerprint density at radius 3 is 2.73 bits per heavy atom. The van der Waals surface area contributed by atoms with E-state index in [9.17, 15) is 5.11 Å². The monoisotopic (exact) mass is 214 g/mol. The lowest BCUT2D eigenvalue weighted by molar-refractivity contribution is -0.121. The van der Waals surface area contributed by atoms with Gasteiger partial charge in [-0.15, -0.1) is 0 Å². The van der Waals surface area contributed by atoms with E-state index in [1.165, 1.54) is 25.7 Å². The molecule has 0 aromatic carbocycles. The maximum atomic E-state index is 10.5. The second-order valence-electron chi connectivity index (χ2n) is 4.88. The molecule has 0 bridgehead atoms. The van der Waals surface area contributed by atoms with Crippen molar-refractivity contribution in [2.45, 2.75) is 76.4 Å². The molecule has 0 spiro atoms. The zero-order valence-corrected chi connectivity index (χ0v) is 10.3. The van der Waals surface area contributed by atoms with Crippen LogP contribution in [0, 0.1) is 0 Å². The second-order valence-corrected chi connectivity index (χ2v) is 4.88. The first kappa shape index (κ1) is 13.0. The summed E-state index contributed by atoms with van der Waals surface area (Å²) in [6.07, 6.45) is 10.2. The molecule has 1 aliphatic rings. The Bertz CT molecular complexity index is 170. The molecule has 2 unspecified atom stereocenters. The SMILES string of the molecule is CCCCCCC1(O)CCCCC1OC. The van der Waals surface area contributed by atoms with Crippen LogP contribution in [0.5, 0.6) is 0 Å². The van der Waals surface area contributed by atoms with E-state index < -0.39 is 5.60 Å². The van der Waals surface area contributed by atoms with Crippen molar-refractivity contribution in [3.8, 4) is 0 Å². The Morgan fingerprint density at radius 1 is 1.27 bits per heavy atom. The van der Waals surface area contributed by atoms with Gasteiger partial charge in [0.25, 0.3) is 0 Å². The predicted octanol–water partition coefficient (Wildman–Crippen LogP) is 3.28. The van der Waals surface area contributed by atoms with Gasteiger partial charge in [0.1, 0.15) is 0 Å². The van der Waals surface area contributed by atoms with E-state index in [1.54, 1.807) is 7.11 Å². The molecule has 1 rings (SSSR count). The molecule has 90 valence electrons. The lowest BCUT2D eigenvalue weighted by Crippen LogP contribution is -2.45. The van der Waals surface area contributed by atoms with Crippen LogP contribution in [0.1, 0.15) is 64.7 Å². The number of unbranched alkanes of at least 4 members (excludes halogenated alkanes) is 3. The van der Waals surface area contributed by atoms with Gasteiger partial charge >= 0.3 is 0 Å². The Balaban J connectivity index is 2.33. The molecule has 0 aromatic heterocycles. The molecule has 0 saturated heterocycles. The van der Waals surface area contributed by atoms with Crippen molar-refractivity contribution < 1.29 is 9.84 Å². The first-order chi connectivity index (χ1) is 7.23. The van der Waals surface area contributed by atoms with E-state index in [1.807, 2.05) is 0 Å². The first-order valence-electron chi connectivity index (χ1n) is 6.48. The van der Waals surface area contributed by atoms with Crippen LogP contribution in [0.15, 0.2) is 0 Å². The molecule has 15 heavy (non-hydrogen) atoms. The summed E-state index contributed by atoms with van der Waals surface area (Å²) in [5, 5.41) is 10.5. The van der Waals surface area contributed by atoms with Crippen molar-refractivity contribution in [1.29, 1.82) is 0 Å². The highest BCUT2D eigenvalue weighted by Gasteiger charge is 2.38. The maximum absolute atomic E-state index is 10.5. The molecular weight excluding hydrogens is 188 g/mol. The normalized spacial score (nSPS) is 31.8. The molecule has 0 aliphatic heterocycles. The highest BCUT2D eigenvalue weighted by atomic mass is 16.5. The lowest BCUT2D eigenvalue weighted by Gasteiger charge is -2.39. The molecule has 0 amide bonds. The summed E-state index contributed by atoms with van der Waals surface area (Å²) in [5.41, 5.74) is -0.527. The summed E-state index contributed by atoms with van der Waals surface area (Å²) < 4.78 is 5.41. The number of ether oxygens (including phenoxy) is 1. The van der Waals surface area contributed by atoms with Gasteiger partial charge in [-0.25, -0.2) is 0 Å². The highest BCUT2D eigenvalue weighted by Crippen LogP contribution is 2.34. The largest absolute Gasteiger partial charge is 0.387 e. The molecule has 1 N–H and O–H groups in total. The van der Waals surface area contributed by atoms with Crippen LogP contribution in [0.4, 0.5) is 0 Å². The predicted molar refractivity (Wildman–Crippen MR) is 63.0 cm³/mol. The molecule has 2 nitrogen and oxygen atoms in total. The smallest absolute Gasteiger partial charge is 0.0908 e. The zero-order chi connectivity index (χ0) is 11.1. The van der Waals surface area contributed by atoms with Gasteiger partial charge in [0.2, 0.25) is 0 Å². The fourth-order valence-corrected chi connectivity index (χ4v) is 2.67. The molecule has 1 saturated carbocycles. The van der Waals surface area contributed by atoms with Crippen molar-refractivity contribution in [2.24, 2.45) is 0 Å². The van der Waals surface area contributed by atoms with Crippen molar-refractivity contribution >= 4 is 0 Å². The highest BCUT2D eigenvalue weighted by molar-refractivity contribution is 4.90. The van der Waals surface area contributed by atoms with Gasteiger partial charge in [-0.1, -0.05) is 45.4 Å². The van der Waals surface area contributed by atoms with Crippen molar-refractivity contribution in [1.82, 2.24) is 0 Å². The topological polar surface area (TPSA) is 29.5 Å². The number of methoxy groups -OCH3 is 1. The van der Waals surface area contributed by atoms with E-state index in [4.69, 9.17) is 4.74 Å². The quantitative estimate of drug-likeness (QED) is 0.688. The van der Waals surface area contributed by atoms with Crippen LogP contribution in [0.2, 0.25) is 0 Å². The molecule has 1 fully saturated rings. The van der Waals surface area contributed by atoms with E-state index in [0.29, 0.717) is 0 Å². The Kier molecular flexibility index (Phi) is 5.62. The summed E-state index contributed by atoms with van der Waals surface area (Å²) in [7, 11) is 1.73. The van der Waals surface area contributed by atoms with Crippen molar-refractivity contribution in [3.05, 3.63) is 0 Å². The minimum absolute atomic E-state index is 0.0767. The average Bonchev–Trinajstić information content (AvgIpc) is 2.25. The molecule has 0 heterocycles. The third-order valence-electron chi connectivity index (χ3n) is 3.67. The minimum Gasteiger partial charge on any atom is -0.387 e. The summed E-state index contributed by atoms with van der Waals surface area (Å²) in [4.78, 5) is 0. The van der Waals surface area contributed by atoms with Gasteiger partial charge in [-0.3, -0.25) is 0 Å². The van der Waals surface area contributed by atoms with Crippen LogP contribution in [-0.4, -0.2) is 23.9 Å². The van der Waals surface area contributed by atoms with Crippen LogP contribution in [0.25, 0.3) is 0 Å². The summed E-state index contributed by atoms with van der Waals surface area (Å²) in [6, 6.07) is 0. The number of hydrogen-bond acceptors (Lipinski definition) is 2. The van der Waals surface area contributed by atoms with Crippen LogP contribution in [-0.2, 0) is 4.74 Å². The van der Waals surface area contributed by atoms with Crippen LogP contribution >= 0.6 is 0 Å². The molecule has 0 radical (unpaired) electrons. The van der Waals surface area contributed by atoms with Gasteiger partial charge < -0.3 is 9.84 Å². The number of hydrogen-bond donors (Lipinski definition) is 1. The third kappa shape index (κ3) is 3.76. The minimum atomic E-state index is -0.527.